The van der Waals surface area contributed by atoms with Crippen molar-refractivity contribution < 1.29 is 188 Å². The molecule has 0 saturated carbocycles. The Morgan fingerprint density at radius 3 is 1.20 bits per heavy atom. The molecule has 1 unspecified atom stereocenters. The van der Waals surface area contributed by atoms with Crippen molar-refractivity contribution in [1.29, 1.82) is 0 Å². The van der Waals surface area contributed by atoms with Crippen LogP contribution in [0.5, 0.6) is 0 Å². The molecular weight excluding hydrogens is 1560 g/mol. The Balaban J connectivity index is 0.0000418. The number of amides is 9. The first-order valence-electron chi connectivity index (χ1n) is 35.6. The molecule has 648 valence electrons. The molecule has 0 aromatic carbocycles. The van der Waals surface area contributed by atoms with E-state index in [1.807, 2.05) is 0 Å². The molecule has 28 N–H and O–H groups in total. The number of aldehydes is 1. The second kappa shape index (κ2) is 56.4. The standard InChI is InChI=1S/C65H105N9O36S.CO2/c66-33(8-14-49(90)69-25-42(84)56(99)59(102)45(87)28-78)62(105)72-35(11-16-53(95)96)39(81)20-30(5-12-47(88)67-23-40(82)54(97)57(100)43(85)26-76)60(103)71-34(10-15-52(93)94)38(80)21-31(6-13-48(89)68-24-41(83)55(98)58(101)44(86)27-77)61(104)73-37(65(109)110)29-111-46-22-51(92)74(63(46)106)18-17-50(91)70-36(64(107)108)9-7-32(79)4-2-1-3-19-75;2-1-3/h19,30-31,33-37,40-46,54-59,76-78,82-87,97-102H,1-18,20-29,66H2,(H,67,88)(H,68,89)(H,69,90)(H,70,91)(H,71,103)(H,72,105)(H,73,104)(H,93,94)(H,95,96)(H,107,108)(H,109,110);/t30-,31-,33+,34-,35-,36+,37-,40+,41+,42+,43-,44-,45-,46?,54-,55-,56-,57-,58-,59-;/m1./s1. The van der Waals surface area contributed by atoms with Crippen LogP contribution in [0.3, 0.4) is 0 Å². The van der Waals surface area contributed by atoms with Crippen molar-refractivity contribution in [3.63, 3.8) is 0 Å². The van der Waals surface area contributed by atoms with Gasteiger partial charge in [-0.1, -0.05) is 0 Å². The Morgan fingerprint density at radius 1 is 0.456 bits per heavy atom. The van der Waals surface area contributed by atoms with Gasteiger partial charge in [0.1, 0.15) is 79.1 Å². The van der Waals surface area contributed by atoms with Crippen LogP contribution in [0.4, 0.5) is 0 Å². The molecule has 0 aromatic heterocycles. The summed E-state index contributed by atoms with van der Waals surface area (Å²) in [6, 6.07) is -9.25. The summed E-state index contributed by atoms with van der Waals surface area (Å²) in [5.41, 5.74) is 6.00. The highest BCUT2D eigenvalue weighted by Gasteiger charge is 2.42. The van der Waals surface area contributed by atoms with Crippen molar-refractivity contribution in [3.8, 4) is 0 Å². The number of hydrogen-bond acceptors (Lipinski definition) is 36. The predicted molar refractivity (Wildman–Crippen MR) is 377 cm³/mol. The molecule has 20 atom stereocenters. The number of nitrogens with one attached hydrogen (secondary N) is 7. The second-order valence-corrected chi connectivity index (χ2v) is 27.6. The molecule has 114 heavy (non-hydrogen) atoms. The maximum Gasteiger partial charge on any atom is 0.373 e. The zero-order valence-electron chi connectivity index (χ0n) is 61.6. The molecule has 1 rings (SSSR count). The van der Waals surface area contributed by atoms with E-state index in [9.17, 15) is 163 Å². The summed E-state index contributed by atoms with van der Waals surface area (Å²) in [6.07, 6.45) is -34.7. The monoisotopic (exact) mass is 1660 g/mol. The number of Topliss-reactive ketones (excluding diaryl/α,β-unsaturated/α-hetero) is 3. The Hall–Kier alpha value is -8.92. The van der Waals surface area contributed by atoms with E-state index >= 15 is 0 Å². The number of likely N-dealkylation sites (tertiary alicyclic amines) is 1. The molecule has 0 radical (unpaired) electrons. The van der Waals surface area contributed by atoms with Crippen LogP contribution in [0.2, 0.25) is 0 Å². The first kappa shape index (κ1) is 105. The third-order valence-corrected chi connectivity index (χ3v) is 18.8. The summed E-state index contributed by atoms with van der Waals surface area (Å²) in [6.45, 7) is -6.32. The molecule has 0 aromatic rings. The molecular formula is C66H105N9O38S. The Morgan fingerprint density at radius 2 is 0.825 bits per heavy atom. The molecule has 1 saturated heterocycles. The predicted octanol–water partition coefficient (Wildman–Crippen LogP) is -12.9. The van der Waals surface area contributed by atoms with Gasteiger partial charge in [0.2, 0.25) is 53.2 Å². The fourth-order valence-electron chi connectivity index (χ4n) is 10.6. The van der Waals surface area contributed by atoms with Gasteiger partial charge in [-0.2, -0.15) is 9.59 Å². The Bertz CT molecular complexity index is 3210. The van der Waals surface area contributed by atoms with E-state index in [2.05, 4.69) is 37.2 Å². The number of aliphatic hydroxyl groups excluding tert-OH is 15. The van der Waals surface area contributed by atoms with Crippen LogP contribution in [0.1, 0.15) is 128 Å². The van der Waals surface area contributed by atoms with E-state index in [1.165, 1.54) is 0 Å². The SMILES string of the molecule is N[C@@H](CCC(=O)NC[C@H](O)[C@@H](O)[C@H](O)[C@H](O)CO)C(=O)N[C@H](CCC(=O)O)C(=O)C[C@@H](CCC(=O)NC[C@H](O)[C@@H](O)[C@H](O)[C@H](O)CO)C(=O)N[C@H](CCC(=O)O)C(=O)C[C@@H](CCC(=O)NC[C@H](O)[C@@H](O)[C@H](O)[C@H](O)CO)C(=O)N[C@H](CSC1CC(=O)N(CCC(=O)N[C@@H](CCC(=O)CCCCC=O)C(=O)O)C1=O)C(=O)O.O=C=O. The van der Waals surface area contributed by atoms with Gasteiger partial charge in [-0.25, -0.2) is 9.59 Å². The van der Waals surface area contributed by atoms with Gasteiger partial charge in [0.25, 0.3) is 0 Å². The number of rotatable bonds is 62. The number of unbranched alkanes of at least 4 members (excludes halogenated alkanes) is 2. The van der Waals surface area contributed by atoms with E-state index in [-0.39, 0.29) is 37.6 Å². The highest BCUT2D eigenvalue weighted by Crippen LogP contribution is 2.27. The van der Waals surface area contributed by atoms with Crippen molar-refractivity contribution in [1.82, 2.24) is 42.1 Å². The van der Waals surface area contributed by atoms with Gasteiger partial charge < -0.3 is 145 Å². The molecule has 0 aliphatic carbocycles. The molecule has 0 spiro atoms. The molecule has 1 aliphatic rings. The number of hydrogen-bond donors (Lipinski definition) is 27. The van der Waals surface area contributed by atoms with Crippen LogP contribution < -0.4 is 43.0 Å². The number of carboxylic acids is 4. The van der Waals surface area contributed by atoms with Crippen LogP contribution in [-0.4, -0.2) is 369 Å². The highest BCUT2D eigenvalue weighted by molar-refractivity contribution is 8.00. The van der Waals surface area contributed by atoms with Gasteiger partial charge in [0, 0.05) is 121 Å². The van der Waals surface area contributed by atoms with E-state index in [1.54, 1.807) is 0 Å². The lowest BCUT2D eigenvalue weighted by molar-refractivity contribution is -0.192. The maximum atomic E-state index is 14.6. The smallest absolute Gasteiger partial charge is 0.373 e. The number of aliphatic carboxylic acids is 4. The van der Waals surface area contributed by atoms with Gasteiger partial charge in [-0.15, -0.1) is 11.8 Å². The number of ketones is 3. The Labute approximate surface area is 653 Å². The first-order chi connectivity index (χ1) is 53.5. The summed E-state index contributed by atoms with van der Waals surface area (Å²) in [7, 11) is 0. The lowest BCUT2D eigenvalue weighted by Gasteiger charge is -2.26. The van der Waals surface area contributed by atoms with Crippen LogP contribution in [0.25, 0.3) is 0 Å². The van der Waals surface area contributed by atoms with Crippen molar-refractivity contribution in [2.75, 3.05) is 51.8 Å². The summed E-state index contributed by atoms with van der Waals surface area (Å²) >= 11 is 0.513. The molecule has 47 nitrogen and oxygen atoms in total. The van der Waals surface area contributed by atoms with Gasteiger partial charge >= 0.3 is 30.0 Å². The minimum absolute atomic E-state index is 0.0536. The fraction of sp³-hybridized carbons (Fsp3) is 0.727. The number of carboxylic acid groups (broad SMARTS) is 4. The number of aliphatic hydroxyl groups is 15. The van der Waals surface area contributed by atoms with E-state index in [0.717, 1.165) is 0 Å². The topological polar surface area (TPSA) is 822 Å². The van der Waals surface area contributed by atoms with Crippen molar-refractivity contribution in [3.05, 3.63) is 0 Å². The largest absolute Gasteiger partial charge is 0.481 e. The molecule has 1 heterocycles. The summed E-state index contributed by atoms with van der Waals surface area (Å²) in [5, 5.41) is 201. The molecule has 1 fully saturated rings. The zero-order chi connectivity index (χ0) is 87.2. The molecule has 0 bridgehead atoms. The zero-order valence-corrected chi connectivity index (χ0v) is 62.4. The quantitative estimate of drug-likeness (QED) is 0.0153. The number of nitrogens with two attached hydrogens (primary N) is 1. The minimum Gasteiger partial charge on any atom is -0.481 e. The molecule has 9 amide bonds. The minimum atomic E-state index is -2.20. The third kappa shape index (κ3) is 40.9. The fourth-order valence-corrected chi connectivity index (χ4v) is 11.7. The highest BCUT2D eigenvalue weighted by atomic mass is 32.2. The van der Waals surface area contributed by atoms with Crippen LogP contribution in [0.15, 0.2) is 0 Å². The van der Waals surface area contributed by atoms with Crippen molar-refractivity contribution in [2.45, 2.75) is 237 Å². The number of imide groups is 1. The van der Waals surface area contributed by atoms with Crippen molar-refractivity contribution in [2.24, 2.45) is 17.6 Å². The molecule has 48 heteroatoms. The van der Waals surface area contributed by atoms with Gasteiger partial charge in [-0.3, -0.25) is 72.0 Å². The Kier molecular flexibility index (Phi) is 51.9. The molecule has 1 aliphatic heterocycles. The average molecular weight is 1660 g/mol. The number of thioether (sulfide) groups is 1. The third-order valence-electron chi connectivity index (χ3n) is 17.5. The van der Waals surface area contributed by atoms with Gasteiger partial charge in [-0.05, 0) is 51.4 Å². The van der Waals surface area contributed by atoms with Crippen molar-refractivity contribution >= 4 is 119 Å². The second-order valence-electron chi connectivity index (χ2n) is 26.3. The normalized spacial score (nSPS) is 17.7. The summed E-state index contributed by atoms with van der Waals surface area (Å²) in [4.78, 5) is 238. The maximum absolute atomic E-state index is 14.6. The van der Waals surface area contributed by atoms with Crippen LogP contribution >= 0.6 is 11.8 Å². The average Bonchev–Trinajstić information content (AvgIpc) is 1.65. The van der Waals surface area contributed by atoms with Gasteiger partial charge in [0.05, 0.1) is 61.5 Å². The lowest BCUT2D eigenvalue weighted by atomic mass is 9.89. The van der Waals surface area contributed by atoms with E-state index < -0.39 is 351 Å². The van der Waals surface area contributed by atoms with E-state index in [4.69, 9.17) is 30.6 Å². The number of nitrogens with zero attached hydrogens (tertiary/aromatic N) is 1. The van der Waals surface area contributed by atoms with E-state index in [0.29, 0.717) is 35.8 Å². The summed E-state index contributed by atoms with van der Waals surface area (Å²) < 4.78 is 0. The first-order valence-corrected chi connectivity index (χ1v) is 36.6. The lowest BCUT2D eigenvalue weighted by Crippen LogP contribution is -2.51. The summed E-state index contributed by atoms with van der Waals surface area (Å²) in [5.74, 6) is -23.7. The van der Waals surface area contributed by atoms with Gasteiger partial charge in [0.15, 0.2) is 11.6 Å². The number of carbonyl (C=O) groups is 17. The van der Waals surface area contributed by atoms with Crippen LogP contribution in [0, 0.1) is 11.8 Å². The van der Waals surface area contributed by atoms with Crippen LogP contribution in [-0.2, 0) is 91.1 Å². The number of carbonyl (C=O) groups excluding carboxylic acids is 15.